The molecule has 23 heavy (non-hydrogen) atoms. The van der Waals surface area contributed by atoms with Gasteiger partial charge >= 0.3 is 0 Å². The first kappa shape index (κ1) is 19.6. The van der Waals surface area contributed by atoms with Gasteiger partial charge in [-0.3, -0.25) is 0 Å². The van der Waals surface area contributed by atoms with E-state index in [9.17, 15) is 0 Å². The molecule has 0 aliphatic carbocycles. The molecule has 2 rings (SSSR count). The van der Waals surface area contributed by atoms with E-state index in [1.165, 1.54) is 5.69 Å². The third-order valence-electron chi connectivity index (χ3n) is 3.69. The van der Waals surface area contributed by atoms with Gasteiger partial charge in [0, 0.05) is 38.1 Å². The highest BCUT2D eigenvalue weighted by Crippen LogP contribution is 2.14. The Morgan fingerprint density at radius 2 is 2.13 bits per heavy atom. The number of rotatable bonds is 5. The van der Waals surface area contributed by atoms with Crippen molar-refractivity contribution in [2.24, 2.45) is 12.0 Å². The van der Waals surface area contributed by atoms with Gasteiger partial charge in [-0.1, -0.05) is 0 Å². The van der Waals surface area contributed by atoms with E-state index in [1.807, 2.05) is 13.8 Å². The Morgan fingerprint density at radius 3 is 2.65 bits per heavy atom. The molecule has 0 aromatic carbocycles. The maximum atomic E-state index is 5.56. The minimum Gasteiger partial charge on any atom is -0.466 e. The van der Waals surface area contributed by atoms with E-state index < -0.39 is 0 Å². The Kier molecular flexibility index (Phi) is 7.67. The molecule has 2 heterocycles. The summed E-state index contributed by atoms with van der Waals surface area (Å²) in [5, 5.41) is 3.35. The van der Waals surface area contributed by atoms with Gasteiger partial charge in [0.2, 0.25) is 0 Å². The Morgan fingerprint density at radius 1 is 1.39 bits per heavy atom. The average Bonchev–Trinajstić information content (AvgIpc) is 3.00. The summed E-state index contributed by atoms with van der Waals surface area (Å²) in [5.41, 5.74) is 2.39. The van der Waals surface area contributed by atoms with Crippen molar-refractivity contribution in [1.82, 2.24) is 14.8 Å². The van der Waals surface area contributed by atoms with Crippen LogP contribution in [0, 0.1) is 13.8 Å². The second kappa shape index (κ2) is 9.00. The van der Waals surface area contributed by atoms with Crippen LogP contribution in [0.4, 0.5) is 0 Å². The monoisotopic (exact) mass is 430 g/mol. The maximum absolute atomic E-state index is 5.56. The first-order valence-corrected chi connectivity index (χ1v) is 7.66. The molecule has 1 N–H and O–H groups in total. The number of nitrogens with one attached hydrogen (secondary N) is 1. The quantitative estimate of drug-likeness (QED) is 0.449. The van der Waals surface area contributed by atoms with Gasteiger partial charge in [0.05, 0.1) is 13.1 Å². The minimum atomic E-state index is 0. The van der Waals surface area contributed by atoms with Crippen molar-refractivity contribution < 1.29 is 4.42 Å². The molecule has 0 amide bonds. The molecule has 0 radical (unpaired) electrons. The summed E-state index contributed by atoms with van der Waals surface area (Å²) in [6.45, 7) is 8.33. The number of hydrogen-bond donors (Lipinski definition) is 1. The largest absolute Gasteiger partial charge is 0.466 e. The first-order chi connectivity index (χ1) is 10.5. The molecule has 2 aromatic rings. The van der Waals surface area contributed by atoms with E-state index in [2.05, 4.69) is 60.2 Å². The van der Waals surface area contributed by atoms with Crippen LogP contribution < -0.4 is 5.32 Å². The van der Waals surface area contributed by atoms with Crippen LogP contribution in [0.2, 0.25) is 0 Å². The van der Waals surface area contributed by atoms with Gasteiger partial charge < -0.3 is 19.2 Å². The standard InChI is InChI=1S/C17H26N4O.HI/c1-6-18-17(19-11-15-10-13(2)22-14(15)3)21(5)12-16-8-7-9-20(16)4;/h7-10H,6,11-12H2,1-5H3,(H,18,19);1H. The van der Waals surface area contributed by atoms with Crippen molar-refractivity contribution in [1.29, 1.82) is 0 Å². The van der Waals surface area contributed by atoms with Gasteiger partial charge in [0.15, 0.2) is 5.96 Å². The molecule has 0 saturated carbocycles. The van der Waals surface area contributed by atoms with E-state index in [4.69, 9.17) is 9.41 Å². The van der Waals surface area contributed by atoms with E-state index in [-0.39, 0.29) is 24.0 Å². The normalized spacial score (nSPS) is 11.3. The molecular weight excluding hydrogens is 403 g/mol. The van der Waals surface area contributed by atoms with Crippen LogP contribution >= 0.6 is 24.0 Å². The average molecular weight is 430 g/mol. The smallest absolute Gasteiger partial charge is 0.194 e. The first-order valence-electron chi connectivity index (χ1n) is 7.66. The van der Waals surface area contributed by atoms with Crippen LogP contribution in [-0.2, 0) is 20.1 Å². The number of halogens is 1. The number of guanidine groups is 1. The molecular formula is C17H27IN4O. The van der Waals surface area contributed by atoms with Crippen LogP contribution in [0.3, 0.4) is 0 Å². The molecule has 0 saturated heterocycles. The lowest BCUT2D eigenvalue weighted by Crippen LogP contribution is -2.38. The second-order valence-corrected chi connectivity index (χ2v) is 5.58. The molecule has 0 atom stereocenters. The van der Waals surface area contributed by atoms with Gasteiger partial charge in [0.1, 0.15) is 11.5 Å². The molecule has 0 spiro atoms. The predicted octanol–water partition coefficient (Wildman–Crippen LogP) is 3.45. The third kappa shape index (κ3) is 5.30. The summed E-state index contributed by atoms with van der Waals surface area (Å²) in [5.74, 6) is 2.79. The molecule has 128 valence electrons. The predicted molar refractivity (Wildman–Crippen MR) is 105 cm³/mol. The Labute approximate surface area is 155 Å². The topological polar surface area (TPSA) is 45.7 Å². The molecule has 0 fully saturated rings. The van der Waals surface area contributed by atoms with Crippen molar-refractivity contribution in [2.45, 2.75) is 33.9 Å². The van der Waals surface area contributed by atoms with Crippen molar-refractivity contribution in [3.05, 3.63) is 47.2 Å². The van der Waals surface area contributed by atoms with Crippen LogP contribution in [-0.4, -0.2) is 29.0 Å². The van der Waals surface area contributed by atoms with Crippen molar-refractivity contribution >= 4 is 29.9 Å². The van der Waals surface area contributed by atoms with Gasteiger partial charge in [-0.15, -0.1) is 24.0 Å². The summed E-state index contributed by atoms with van der Waals surface area (Å²) < 4.78 is 7.69. The summed E-state index contributed by atoms with van der Waals surface area (Å²) in [6.07, 6.45) is 2.06. The number of furan rings is 1. The molecule has 0 aliphatic heterocycles. The van der Waals surface area contributed by atoms with E-state index >= 15 is 0 Å². The molecule has 0 bridgehead atoms. The van der Waals surface area contributed by atoms with Gasteiger partial charge in [0.25, 0.3) is 0 Å². The fourth-order valence-electron chi connectivity index (χ4n) is 2.45. The lowest BCUT2D eigenvalue weighted by molar-refractivity contribution is 0.461. The summed E-state index contributed by atoms with van der Waals surface area (Å²) >= 11 is 0. The number of aromatic nitrogens is 1. The summed E-state index contributed by atoms with van der Waals surface area (Å²) in [6, 6.07) is 6.24. The van der Waals surface area contributed by atoms with Crippen LogP contribution in [0.25, 0.3) is 0 Å². The summed E-state index contributed by atoms with van der Waals surface area (Å²) in [4.78, 5) is 6.87. The highest BCUT2D eigenvalue weighted by atomic mass is 127. The fourth-order valence-corrected chi connectivity index (χ4v) is 2.45. The Balaban J connectivity index is 0.00000264. The molecule has 0 unspecified atom stereocenters. The molecule has 0 aliphatic rings. The van der Waals surface area contributed by atoms with Crippen molar-refractivity contribution in [2.75, 3.05) is 13.6 Å². The van der Waals surface area contributed by atoms with Gasteiger partial charge in [-0.25, -0.2) is 4.99 Å². The summed E-state index contributed by atoms with van der Waals surface area (Å²) in [7, 11) is 4.12. The zero-order valence-corrected chi connectivity index (χ0v) is 16.9. The van der Waals surface area contributed by atoms with E-state index in [1.54, 1.807) is 0 Å². The lowest BCUT2D eigenvalue weighted by Gasteiger charge is -2.22. The Hall–Kier alpha value is -1.44. The highest BCUT2D eigenvalue weighted by molar-refractivity contribution is 14.0. The van der Waals surface area contributed by atoms with E-state index in [0.717, 1.165) is 36.1 Å². The van der Waals surface area contributed by atoms with Gasteiger partial charge in [-0.2, -0.15) is 0 Å². The van der Waals surface area contributed by atoms with Crippen LogP contribution in [0.15, 0.2) is 33.8 Å². The van der Waals surface area contributed by atoms with E-state index in [0.29, 0.717) is 6.54 Å². The molecule has 5 nitrogen and oxygen atoms in total. The van der Waals surface area contributed by atoms with Crippen molar-refractivity contribution in [3.8, 4) is 0 Å². The van der Waals surface area contributed by atoms with Gasteiger partial charge in [-0.05, 0) is 39.0 Å². The van der Waals surface area contributed by atoms with Crippen LogP contribution in [0.5, 0.6) is 0 Å². The maximum Gasteiger partial charge on any atom is 0.194 e. The SMILES string of the molecule is CCNC(=NCc1cc(C)oc1C)N(C)Cc1cccn1C.I. The van der Waals surface area contributed by atoms with Crippen molar-refractivity contribution in [3.63, 3.8) is 0 Å². The zero-order chi connectivity index (χ0) is 16.1. The zero-order valence-electron chi connectivity index (χ0n) is 14.6. The number of nitrogens with zero attached hydrogens (tertiary/aromatic N) is 3. The number of hydrogen-bond acceptors (Lipinski definition) is 2. The van der Waals surface area contributed by atoms with Crippen LogP contribution in [0.1, 0.15) is 29.7 Å². The Bertz CT molecular complexity index is 645. The third-order valence-corrected chi connectivity index (χ3v) is 3.69. The fraction of sp³-hybridized carbons (Fsp3) is 0.471. The number of aryl methyl sites for hydroxylation is 3. The number of aliphatic imine (C=N–C) groups is 1. The highest BCUT2D eigenvalue weighted by Gasteiger charge is 2.09. The lowest BCUT2D eigenvalue weighted by atomic mass is 10.2. The molecule has 6 heteroatoms. The minimum absolute atomic E-state index is 0. The molecule has 2 aromatic heterocycles. The second-order valence-electron chi connectivity index (χ2n) is 5.58.